The summed E-state index contributed by atoms with van der Waals surface area (Å²) in [6.07, 6.45) is 5.88. The first kappa shape index (κ1) is 11.1. The molecule has 0 radical (unpaired) electrons. The predicted octanol–water partition coefficient (Wildman–Crippen LogP) is 0.336. The Morgan fingerprint density at radius 2 is 2.44 bits per heavy atom. The van der Waals surface area contributed by atoms with Gasteiger partial charge in [0.25, 0.3) is 5.91 Å². The van der Waals surface area contributed by atoms with Crippen LogP contribution in [0, 0.1) is 0 Å². The van der Waals surface area contributed by atoms with Crippen LogP contribution in [-0.2, 0) is 11.3 Å². The van der Waals surface area contributed by atoms with Gasteiger partial charge in [0.05, 0.1) is 11.8 Å². The van der Waals surface area contributed by atoms with Gasteiger partial charge in [0.15, 0.2) is 5.69 Å². The number of nitrogens with zero attached hydrogens (tertiary/aromatic N) is 3. The van der Waals surface area contributed by atoms with Crippen molar-refractivity contribution in [1.29, 1.82) is 0 Å². The maximum Gasteiger partial charge on any atom is 0.270 e. The lowest BCUT2D eigenvalue weighted by molar-refractivity contribution is -0.0805. The van der Waals surface area contributed by atoms with Gasteiger partial charge in [-0.05, 0) is 25.7 Å². The van der Waals surface area contributed by atoms with E-state index in [1.165, 1.54) is 6.42 Å². The molecule has 0 unspecified atom stereocenters. The zero-order chi connectivity index (χ0) is 11.6. The predicted molar refractivity (Wildman–Crippen MR) is 56.7 cm³/mol. The Morgan fingerprint density at radius 3 is 2.88 bits per heavy atom. The highest BCUT2D eigenvalue weighted by atomic mass is 16.5. The molecule has 2 rings (SSSR count). The molecule has 1 amide bonds. The number of primary amides is 1. The quantitative estimate of drug-likeness (QED) is 0.781. The summed E-state index contributed by atoms with van der Waals surface area (Å²) in [7, 11) is 1.75. The molecule has 1 fully saturated rings. The second-order valence-corrected chi connectivity index (χ2v) is 4.22. The van der Waals surface area contributed by atoms with Crippen molar-refractivity contribution < 1.29 is 9.53 Å². The minimum atomic E-state index is -0.545. The number of aryl methyl sites for hydroxylation is 1. The fourth-order valence-electron chi connectivity index (χ4n) is 1.97. The summed E-state index contributed by atoms with van der Waals surface area (Å²) in [5.41, 5.74) is 5.31. The van der Waals surface area contributed by atoms with E-state index in [0.717, 1.165) is 19.3 Å². The number of hydrogen-bond acceptors (Lipinski definition) is 4. The molecule has 1 heterocycles. The number of aromatic nitrogens is 3. The van der Waals surface area contributed by atoms with Gasteiger partial charge in [0.2, 0.25) is 0 Å². The molecule has 88 valence electrons. The molecule has 1 aromatic rings. The Bertz CT molecular complexity index is 378. The third kappa shape index (κ3) is 2.06. The molecule has 1 aromatic heterocycles. The Kier molecular flexibility index (Phi) is 2.91. The van der Waals surface area contributed by atoms with Crippen molar-refractivity contribution in [2.45, 2.75) is 37.8 Å². The summed E-state index contributed by atoms with van der Waals surface area (Å²) in [5, 5.41) is 7.53. The van der Waals surface area contributed by atoms with Gasteiger partial charge in [-0.2, -0.15) is 0 Å². The highest BCUT2D eigenvalue weighted by molar-refractivity contribution is 5.90. The lowest BCUT2D eigenvalue weighted by Crippen LogP contribution is -2.40. The zero-order valence-electron chi connectivity index (χ0n) is 9.35. The highest BCUT2D eigenvalue weighted by Crippen LogP contribution is 2.38. The van der Waals surface area contributed by atoms with Crippen molar-refractivity contribution in [3.8, 4) is 0 Å². The second-order valence-electron chi connectivity index (χ2n) is 4.22. The van der Waals surface area contributed by atoms with Crippen molar-refractivity contribution in [3.05, 3.63) is 11.9 Å². The summed E-state index contributed by atoms with van der Waals surface area (Å²) in [4.78, 5) is 10.8. The van der Waals surface area contributed by atoms with E-state index >= 15 is 0 Å². The molecule has 0 bridgehead atoms. The molecular formula is C10H16N4O2. The van der Waals surface area contributed by atoms with E-state index in [2.05, 4.69) is 10.3 Å². The second kappa shape index (κ2) is 4.21. The van der Waals surface area contributed by atoms with E-state index in [0.29, 0.717) is 6.54 Å². The molecule has 6 nitrogen and oxygen atoms in total. The van der Waals surface area contributed by atoms with Crippen LogP contribution < -0.4 is 5.73 Å². The molecule has 0 saturated heterocycles. The molecule has 1 aliphatic rings. The van der Waals surface area contributed by atoms with Crippen LogP contribution in [0.25, 0.3) is 0 Å². The SMILES string of the molecule is COC1(CCn2cc(C(N)=O)nn2)CCC1. The molecule has 0 atom stereocenters. The number of amides is 1. The van der Waals surface area contributed by atoms with Crippen molar-refractivity contribution >= 4 is 5.91 Å². The van der Waals surface area contributed by atoms with Crippen LogP contribution in [0.1, 0.15) is 36.2 Å². The summed E-state index contributed by atoms with van der Waals surface area (Å²) in [6, 6.07) is 0. The maximum atomic E-state index is 10.8. The first-order valence-electron chi connectivity index (χ1n) is 5.40. The summed E-state index contributed by atoms with van der Waals surface area (Å²) in [5.74, 6) is -0.545. The van der Waals surface area contributed by atoms with E-state index in [4.69, 9.17) is 10.5 Å². The Balaban J connectivity index is 1.91. The van der Waals surface area contributed by atoms with Crippen LogP contribution >= 0.6 is 0 Å². The van der Waals surface area contributed by atoms with Crippen molar-refractivity contribution in [3.63, 3.8) is 0 Å². The Labute approximate surface area is 93.8 Å². The molecule has 6 heteroatoms. The monoisotopic (exact) mass is 224 g/mol. The number of hydrogen-bond donors (Lipinski definition) is 1. The molecule has 0 spiro atoms. The first-order chi connectivity index (χ1) is 7.65. The van der Waals surface area contributed by atoms with Crippen LogP contribution in [0.3, 0.4) is 0 Å². The average molecular weight is 224 g/mol. The molecule has 0 aliphatic heterocycles. The maximum absolute atomic E-state index is 10.8. The smallest absolute Gasteiger partial charge is 0.270 e. The lowest BCUT2D eigenvalue weighted by Gasteiger charge is -2.40. The van der Waals surface area contributed by atoms with Gasteiger partial charge in [-0.15, -0.1) is 5.10 Å². The molecule has 2 N–H and O–H groups in total. The number of rotatable bonds is 5. The topological polar surface area (TPSA) is 83.0 Å². The molecular weight excluding hydrogens is 208 g/mol. The number of methoxy groups -OCH3 is 1. The normalized spacial score (nSPS) is 18.1. The summed E-state index contributed by atoms with van der Waals surface area (Å²) >= 11 is 0. The van der Waals surface area contributed by atoms with E-state index < -0.39 is 5.91 Å². The van der Waals surface area contributed by atoms with Crippen LogP contribution in [0.2, 0.25) is 0 Å². The number of carbonyl (C=O) groups is 1. The molecule has 1 aliphatic carbocycles. The first-order valence-corrected chi connectivity index (χ1v) is 5.40. The number of carbonyl (C=O) groups excluding carboxylic acids is 1. The fraction of sp³-hybridized carbons (Fsp3) is 0.700. The minimum Gasteiger partial charge on any atom is -0.378 e. The third-order valence-electron chi connectivity index (χ3n) is 3.29. The molecule has 16 heavy (non-hydrogen) atoms. The summed E-state index contributed by atoms with van der Waals surface area (Å²) < 4.78 is 7.13. The van der Waals surface area contributed by atoms with Gasteiger partial charge in [-0.25, -0.2) is 0 Å². The van der Waals surface area contributed by atoms with E-state index in [9.17, 15) is 4.79 Å². The van der Waals surface area contributed by atoms with Crippen LogP contribution in [0.5, 0.6) is 0 Å². The van der Waals surface area contributed by atoms with Crippen LogP contribution in [0.15, 0.2) is 6.20 Å². The highest BCUT2D eigenvalue weighted by Gasteiger charge is 2.36. The zero-order valence-corrected chi connectivity index (χ0v) is 9.35. The number of ether oxygens (including phenoxy) is 1. The van der Waals surface area contributed by atoms with Gasteiger partial charge < -0.3 is 10.5 Å². The van der Waals surface area contributed by atoms with Crippen LogP contribution in [-0.4, -0.2) is 33.6 Å². The standard InChI is InChI=1S/C10H16N4O2/c1-16-10(3-2-4-10)5-6-14-7-8(9(11)15)12-13-14/h7H,2-6H2,1H3,(H2,11,15). The average Bonchev–Trinajstić information content (AvgIpc) is 2.65. The third-order valence-corrected chi connectivity index (χ3v) is 3.29. The molecule has 1 saturated carbocycles. The molecule has 0 aromatic carbocycles. The van der Waals surface area contributed by atoms with Gasteiger partial charge in [0, 0.05) is 13.7 Å². The number of nitrogens with two attached hydrogens (primary N) is 1. The van der Waals surface area contributed by atoms with Crippen molar-refractivity contribution in [2.75, 3.05) is 7.11 Å². The van der Waals surface area contributed by atoms with Crippen molar-refractivity contribution in [1.82, 2.24) is 15.0 Å². The van der Waals surface area contributed by atoms with Gasteiger partial charge >= 0.3 is 0 Å². The van der Waals surface area contributed by atoms with E-state index in [-0.39, 0.29) is 11.3 Å². The minimum absolute atomic E-state index is 0.0127. The van der Waals surface area contributed by atoms with Crippen LogP contribution in [0.4, 0.5) is 0 Å². The van der Waals surface area contributed by atoms with E-state index in [1.807, 2.05) is 0 Å². The lowest BCUT2D eigenvalue weighted by atomic mass is 9.77. The van der Waals surface area contributed by atoms with E-state index in [1.54, 1.807) is 18.0 Å². The van der Waals surface area contributed by atoms with Gasteiger partial charge in [0.1, 0.15) is 0 Å². The van der Waals surface area contributed by atoms with Crippen molar-refractivity contribution in [2.24, 2.45) is 5.73 Å². The fourth-order valence-corrected chi connectivity index (χ4v) is 1.97. The van der Waals surface area contributed by atoms with Gasteiger partial charge in [-0.3, -0.25) is 9.48 Å². The Morgan fingerprint density at radius 1 is 1.69 bits per heavy atom. The summed E-state index contributed by atoms with van der Waals surface area (Å²) in [6.45, 7) is 0.702. The van der Waals surface area contributed by atoms with Gasteiger partial charge in [-0.1, -0.05) is 5.21 Å². The Hall–Kier alpha value is -1.43. The largest absolute Gasteiger partial charge is 0.378 e.